The minimum atomic E-state index is -2.74. The lowest BCUT2D eigenvalue weighted by Gasteiger charge is -2.25. The second kappa shape index (κ2) is 3.79. The van der Waals surface area contributed by atoms with Crippen LogP contribution in [-0.2, 0) is 10.3 Å². The predicted molar refractivity (Wildman–Crippen MR) is 59.1 cm³/mol. The SMILES string of the molecule is CC(F)(F)CCC1(C)OC(=O)c2ccccc21. The van der Waals surface area contributed by atoms with Crippen LogP contribution in [0, 0.1) is 0 Å². The van der Waals surface area contributed by atoms with Crippen molar-refractivity contribution < 1.29 is 18.3 Å². The van der Waals surface area contributed by atoms with Gasteiger partial charge in [-0.1, -0.05) is 18.2 Å². The van der Waals surface area contributed by atoms with E-state index >= 15 is 0 Å². The lowest BCUT2D eigenvalue weighted by molar-refractivity contribution is -0.0377. The molecule has 0 saturated heterocycles. The molecule has 92 valence electrons. The van der Waals surface area contributed by atoms with Gasteiger partial charge < -0.3 is 4.74 Å². The number of halogens is 2. The van der Waals surface area contributed by atoms with Crippen LogP contribution in [0.1, 0.15) is 42.6 Å². The van der Waals surface area contributed by atoms with Crippen molar-refractivity contribution in [2.75, 3.05) is 0 Å². The lowest BCUT2D eigenvalue weighted by atomic mass is 9.89. The van der Waals surface area contributed by atoms with Gasteiger partial charge in [-0.25, -0.2) is 13.6 Å². The van der Waals surface area contributed by atoms with Gasteiger partial charge in [-0.15, -0.1) is 0 Å². The molecule has 0 aromatic heterocycles. The number of carbonyl (C=O) groups excluding carboxylic acids is 1. The quantitative estimate of drug-likeness (QED) is 0.756. The van der Waals surface area contributed by atoms with E-state index in [2.05, 4.69) is 0 Å². The first kappa shape index (κ1) is 12.0. The van der Waals surface area contributed by atoms with Gasteiger partial charge in [0.1, 0.15) is 5.60 Å². The third-order valence-corrected chi connectivity index (χ3v) is 3.08. The molecule has 1 heterocycles. The average molecular weight is 240 g/mol. The summed E-state index contributed by atoms with van der Waals surface area (Å²) in [5, 5.41) is 0. The summed E-state index contributed by atoms with van der Waals surface area (Å²) in [6.07, 6.45) is -0.176. The summed E-state index contributed by atoms with van der Waals surface area (Å²) in [5.74, 6) is -3.17. The summed E-state index contributed by atoms with van der Waals surface area (Å²) in [6, 6.07) is 6.93. The molecule has 1 unspecified atom stereocenters. The fourth-order valence-corrected chi connectivity index (χ4v) is 2.08. The van der Waals surface area contributed by atoms with Gasteiger partial charge in [-0.05, 0) is 26.3 Å². The topological polar surface area (TPSA) is 26.3 Å². The largest absolute Gasteiger partial charge is 0.451 e. The van der Waals surface area contributed by atoms with Crippen molar-refractivity contribution >= 4 is 5.97 Å². The number of ether oxygens (including phenoxy) is 1. The van der Waals surface area contributed by atoms with Crippen molar-refractivity contribution in [2.45, 2.75) is 38.2 Å². The van der Waals surface area contributed by atoms with Gasteiger partial charge in [0.25, 0.3) is 0 Å². The Morgan fingerprint density at radius 1 is 1.35 bits per heavy atom. The number of alkyl halides is 2. The number of hydrogen-bond donors (Lipinski definition) is 0. The Morgan fingerprint density at radius 2 is 2.00 bits per heavy atom. The predicted octanol–water partition coefficient (Wildman–Crippen LogP) is 3.51. The maximum Gasteiger partial charge on any atom is 0.339 e. The zero-order valence-electron chi connectivity index (χ0n) is 9.80. The van der Waals surface area contributed by atoms with Crippen LogP contribution >= 0.6 is 0 Å². The fraction of sp³-hybridized carbons (Fsp3) is 0.462. The number of carbonyl (C=O) groups is 1. The molecule has 0 aliphatic carbocycles. The summed E-state index contributed by atoms with van der Waals surface area (Å²) >= 11 is 0. The molecule has 1 atom stereocenters. The molecule has 0 N–H and O–H groups in total. The second-order valence-corrected chi connectivity index (χ2v) is 4.74. The minimum Gasteiger partial charge on any atom is -0.451 e. The van der Waals surface area contributed by atoms with E-state index in [0.717, 1.165) is 6.92 Å². The number of cyclic esters (lactones) is 1. The highest BCUT2D eigenvalue weighted by Crippen LogP contribution is 2.41. The van der Waals surface area contributed by atoms with Gasteiger partial charge >= 0.3 is 5.97 Å². The summed E-state index contributed by atoms with van der Waals surface area (Å²) in [7, 11) is 0. The monoisotopic (exact) mass is 240 g/mol. The van der Waals surface area contributed by atoms with Gasteiger partial charge in [-0.3, -0.25) is 0 Å². The lowest BCUT2D eigenvalue weighted by Crippen LogP contribution is -2.25. The molecule has 0 fully saturated rings. The maximum atomic E-state index is 12.9. The van der Waals surface area contributed by atoms with Crippen molar-refractivity contribution in [3.63, 3.8) is 0 Å². The van der Waals surface area contributed by atoms with Crippen LogP contribution in [0.15, 0.2) is 24.3 Å². The van der Waals surface area contributed by atoms with E-state index in [-0.39, 0.29) is 12.8 Å². The van der Waals surface area contributed by atoms with Gasteiger partial charge in [0.05, 0.1) is 5.56 Å². The van der Waals surface area contributed by atoms with E-state index in [1.807, 2.05) is 0 Å². The van der Waals surface area contributed by atoms with Crippen LogP contribution in [0.4, 0.5) is 8.78 Å². The Morgan fingerprint density at radius 3 is 2.65 bits per heavy atom. The second-order valence-electron chi connectivity index (χ2n) is 4.74. The normalized spacial score (nSPS) is 23.4. The van der Waals surface area contributed by atoms with Gasteiger partial charge in [0.2, 0.25) is 5.92 Å². The number of rotatable bonds is 3. The molecule has 0 saturated carbocycles. The van der Waals surface area contributed by atoms with Crippen LogP contribution in [0.5, 0.6) is 0 Å². The molecule has 0 radical (unpaired) electrons. The standard InChI is InChI=1S/C13H14F2O2/c1-12(7-8-13(2,14)15)10-6-4-3-5-9(10)11(16)17-12/h3-6H,7-8H2,1-2H3. The van der Waals surface area contributed by atoms with Gasteiger partial charge in [0.15, 0.2) is 0 Å². The number of benzene rings is 1. The molecule has 0 amide bonds. The van der Waals surface area contributed by atoms with E-state index in [1.165, 1.54) is 0 Å². The Hall–Kier alpha value is -1.45. The van der Waals surface area contributed by atoms with E-state index in [1.54, 1.807) is 31.2 Å². The Labute approximate surface area is 98.6 Å². The smallest absolute Gasteiger partial charge is 0.339 e. The summed E-state index contributed by atoms with van der Waals surface area (Å²) in [5.41, 5.74) is 0.260. The number of fused-ring (bicyclic) bond motifs is 1. The molecule has 0 bridgehead atoms. The Balaban J connectivity index is 2.26. The molecule has 2 rings (SSSR count). The summed E-state index contributed by atoms with van der Waals surface area (Å²) in [6.45, 7) is 2.56. The molecule has 17 heavy (non-hydrogen) atoms. The van der Waals surface area contributed by atoms with Crippen molar-refractivity contribution in [1.29, 1.82) is 0 Å². The average Bonchev–Trinajstić information content (AvgIpc) is 2.50. The maximum absolute atomic E-state index is 12.9. The number of hydrogen-bond acceptors (Lipinski definition) is 2. The first-order valence-electron chi connectivity index (χ1n) is 5.52. The van der Waals surface area contributed by atoms with Crippen LogP contribution in [0.25, 0.3) is 0 Å². The Kier molecular flexibility index (Phi) is 2.68. The highest BCUT2D eigenvalue weighted by molar-refractivity contribution is 5.94. The first-order valence-corrected chi connectivity index (χ1v) is 5.52. The van der Waals surface area contributed by atoms with E-state index in [9.17, 15) is 13.6 Å². The van der Waals surface area contributed by atoms with Gasteiger partial charge in [-0.2, -0.15) is 0 Å². The van der Waals surface area contributed by atoms with Crippen molar-refractivity contribution in [3.05, 3.63) is 35.4 Å². The molecule has 0 spiro atoms. The van der Waals surface area contributed by atoms with Crippen LogP contribution in [-0.4, -0.2) is 11.9 Å². The zero-order chi connectivity index (χ0) is 12.7. The molecule has 1 aliphatic heterocycles. The van der Waals surface area contributed by atoms with Crippen molar-refractivity contribution in [1.82, 2.24) is 0 Å². The van der Waals surface area contributed by atoms with Crippen molar-refractivity contribution in [2.24, 2.45) is 0 Å². The van der Waals surface area contributed by atoms with Gasteiger partial charge in [0, 0.05) is 12.0 Å². The van der Waals surface area contributed by atoms with Crippen LogP contribution in [0.2, 0.25) is 0 Å². The van der Waals surface area contributed by atoms with Crippen molar-refractivity contribution in [3.8, 4) is 0 Å². The molecular weight excluding hydrogens is 226 g/mol. The minimum absolute atomic E-state index is 0.124. The first-order chi connectivity index (χ1) is 7.82. The zero-order valence-corrected chi connectivity index (χ0v) is 9.80. The molecule has 1 aliphatic rings. The molecule has 1 aromatic carbocycles. The summed E-state index contributed by atoms with van der Waals surface area (Å²) in [4.78, 5) is 11.6. The van der Waals surface area contributed by atoms with E-state index in [4.69, 9.17) is 4.74 Å². The van der Waals surface area contributed by atoms with Crippen LogP contribution in [0.3, 0.4) is 0 Å². The highest BCUT2D eigenvalue weighted by Gasteiger charge is 2.42. The molecule has 1 aromatic rings. The fourth-order valence-electron chi connectivity index (χ4n) is 2.08. The van der Waals surface area contributed by atoms with Crippen LogP contribution < -0.4 is 0 Å². The third-order valence-electron chi connectivity index (χ3n) is 3.08. The third kappa shape index (κ3) is 2.30. The molecule has 2 nitrogen and oxygen atoms in total. The van der Waals surface area contributed by atoms with E-state index < -0.39 is 17.5 Å². The summed E-state index contributed by atoms with van der Waals surface area (Å²) < 4.78 is 31.0. The Bertz CT molecular complexity index is 451. The highest BCUT2D eigenvalue weighted by atomic mass is 19.3. The molecular formula is C13H14F2O2. The number of esters is 1. The molecule has 4 heteroatoms. The van der Waals surface area contributed by atoms with E-state index in [0.29, 0.717) is 11.1 Å².